The molecule has 3 nitrogen and oxygen atoms in total. The van der Waals surface area contributed by atoms with Crippen LogP contribution < -0.4 is 5.32 Å². The predicted molar refractivity (Wildman–Crippen MR) is 61.1 cm³/mol. The smallest absolute Gasteiger partial charge is 0.271 e. The van der Waals surface area contributed by atoms with E-state index < -0.39 is 17.7 Å². The lowest BCUT2D eigenvalue weighted by molar-refractivity contribution is -0.152. The Morgan fingerprint density at radius 3 is 2.69 bits per heavy atom. The third kappa shape index (κ3) is 3.56. The Balaban J connectivity index is 0.00000225. The number of alkyl halides is 2. The Kier molecular flexibility index (Phi) is 6.18. The number of hydrogen-bond donors (Lipinski definition) is 1. The minimum atomic E-state index is -2.91. The van der Waals surface area contributed by atoms with Crippen LogP contribution in [0.4, 0.5) is 8.78 Å². The van der Waals surface area contributed by atoms with Crippen LogP contribution in [0.2, 0.25) is 0 Å². The van der Waals surface area contributed by atoms with Gasteiger partial charge in [0.15, 0.2) is 0 Å². The number of carbonyl (C=O) groups is 1. The average Bonchev–Trinajstić information content (AvgIpc) is 2.16. The largest absolute Gasteiger partial charge is 0.345 e. The fourth-order valence-electron chi connectivity index (χ4n) is 1.85. The van der Waals surface area contributed by atoms with Gasteiger partial charge in [0.2, 0.25) is 5.91 Å². The number of hydrogen-bond acceptors (Lipinski definition) is 2. The Bertz CT molecular complexity index is 239. The van der Waals surface area contributed by atoms with E-state index >= 15 is 0 Å². The van der Waals surface area contributed by atoms with E-state index in [9.17, 15) is 13.6 Å². The van der Waals surface area contributed by atoms with Crippen molar-refractivity contribution in [1.29, 1.82) is 0 Å². The summed E-state index contributed by atoms with van der Waals surface area (Å²) in [5, 5.41) is 2.61. The molecule has 1 aliphatic rings. The minimum Gasteiger partial charge on any atom is -0.345 e. The normalized spacial score (nSPS) is 23.4. The maximum Gasteiger partial charge on any atom is 0.271 e. The number of carbonyl (C=O) groups excluding carboxylic acids is 1. The van der Waals surface area contributed by atoms with Gasteiger partial charge in [-0.3, -0.25) is 4.79 Å². The van der Waals surface area contributed by atoms with Gasteiger partial charge in [-0.05, 0) is 19.4 Å². The van der Waals surface area contributed by atoms with Gasteiger partial charge < -0.3 is 10.2 Å². The second-order valence-corrected chi connectivity index (χ2v) is 4.04. The number of amides is 1. The highest BCUT2D eigenvalue weighted by atomic mass is 35.5. The standard InChI is InChI=1S/C10H18F2N2O.ClH/c1-3-6-14(2)9(15)8-4-5-13-7-10(8,11)12;/h8,13H,3-7H2,1-2H3;1H. The van der Waals surface area contributed by atoms with E-state index in [-0.39, 0.29) is 25.4 Å². The number of nitrogens with one attached hydrogen (secondary N) is 1. The van der Waals surface area contributed by atoms with Gasteiger partial charge in [0.1, 0.15) is 5.92 Å². The summed E-state index contributed by atoms with van der Waals surface area (Å²) in [4.78, 5) is 13.1. The molecule has 1 heterocycles. The maximum atomic E-state index is 13.4. The van der Waals surface area contributed by atoms with Crippen LogP contribution in [0.15, 0.2) is 0 Å². The molecule has 1 rings (SSSR count). The van der Waals surface area contributed by atoms with E-state index in [4.69, 9.17) is 0 Å². The summed E-state index contributed by atoms with van der Waals surface area (Å²) in [5.41, 5.74) is 0. The summed E-state index contributed by atoms with van der Waals surface area (Å²) >= 11 is 0. The van der Waals surface area contributed by atoms with Crippen molar-refractivity contribution >= 4 is 18.3 Å². The first-order valence-corrected chi connectivity index (χ1v) is 5.32. The molecule has 1 atom stereocenters. The molecule has 16 heavy (non-hydrogen) atoms. The van der Waals surface area contributed by atoms with Gasteiger partial charge in [-0.1, -0.05) is 6.92 Å². The van der Waals surface area contributed by atoms with Crippen molar-refractivity contribution in [3.05, 3.63) is 0 Å². The fourth-order valence-corrected chi connectivity index (χ4v) is 1.85. The minimum absolute atomic E-state index is 0. The van der Waals surface area contributed by atoms with E-state index in [1.54, 1.807) is 7.05 Å². The van der Waals surface area contributed by atoms with E-state index in [0.29, 0.717) is 13.1 Å². The molecule has 6 heteroatoms. The summed E-state index contributed by atoms with van der Waals surface area (Å²) < 4.78 is 26.8. The maximum absolute atomic E-state index is 13.4. The Hall–Kier alpha value is -0.420. The summed E-state index contributed by atoms with van der Waals surface area (Å²) in [7, 11) is 1.59. The number of piperidine rings is 1. The molecular formula is C10H19ClF2N2O. The molecule has 0 aromatic rings. The molecule has 1 fully saturated rings. The van der Waals surface area contributed by atoms with Crippen molar-refractivity contribution in [3.8, 4) is 0 Å². The number of halogens is 3. The average molecular weight is 257 g/mol. The molecule has 1 amide bonds. The summed E-state index contributed by atoms with van der Waals surface area (Å²) in [6.07, 6.45) is 1.01. The second kappa shape index (κ2) is 6.35. The quantitative estimate of drug-likeness (QED) is 0.831. The lowest BCUT2D eigenvalue weighted by Gasteiger charge is -2.33. The molecule has 0 aromatic carbocycles. The van der Waals surface area contributed by atoms with Crippen molar-refractivity contribution < 1.29 is 13.6 Å². The van der Waals surface area contributed by atoms with Crippen molar-refractivity contribution in [2.45, 2.75) is 25.7 Å². The van der Waals surface area contributed by atoms with Crippen molar-refractivity contribution in [1.82, 2.24) is 10.2 Å². The molecule has 0 saturated carbocycles. The zero-order valence-electron chi connectivity index (χ0n) is 9.63. The van der Waals surface area contributed by atoms with Gasteiger partial charge in [-0.25, -0.2) is 8.78 Å². The lowest BCUT2D eigenvalue weighted by atomic mass is 9.92. The van der Waals surface area contributed by atoms with E-state index in [1.165, 1.54) is 4.90 Å². The highest BCUT2D eigenvalue weighted by molar-refractivity contribution is 5.85. The summed E-state index contributed by atoms with van der Waals surface area (Å²) in [6.45, 7) is 2.57. The Morgan fingerprint density at radius 1 is 1.56 bits per heavy atom. The third-order valence-electron chi connectivity index (χ3n) is 2.71. The highest BCUT2D eigenvalue weighted by Crippen LogP contribution is 2.30. The van der Waals surface area contributed by atoms with Crippen LogP contribution in [-0.4, -0.2) is 43.4 Å². The molecule has 1 aliphatic heterocycles. The molecular weight excluding hydrogens is 238 g/mol. The van der Waals surface area contributed by atoms with E-state index in [1.807, 2.05) is 6.92 Å². The Labute approximate surface area is 101 Å². The highest BCUT2D eigenvalue weighted by Gasteiger charge is 2.46. The van der Waals surface area contributed by atoms with Crippen molar-refractivity contribution in [3.63, 3.8) is 0 Å². The first kappa shape index (κ1) is 15.6. The molecule has 0 radical (unpaired) electrons. The van der Waals surface area contributed by atoms with Crippen LogP contribution in [0.25, 0.3) is 0 Å². The van der Waals surface area contributed by atoms with Crippen LogP contribution in [0.5, 0.6) is 0 Å². The molecule has 0 spiro atoms. The lowest BCUT2D eigenvalue weighted by Crippen LogP contribution is -2.52. The monoisotopic (exact) mass is 256 g/mol. The van der Waals surface area contributed by atoms with E-state index in [2.05, 4.69) is 5.32 Å². The number of nitrogens with zero attached hydrogens (tertiary/aromatic N) is 1. The van der Waals surface area contributed by atoms with Crippen LogP contribution in [0, 0.1) is 5.92 Å². The van der Waals surface area contributed by atoms with Crippen molar-refractivity contribution in [2.75, 3.05) is 26.7 Å². The molecule has 0 aliphatic carbocycles. The van der Waals surface area contributed by atoms with Crippen LogP contribution in [-0.2, 0) is 4.79 Å². The zero-order valence-corrected chi connectivity index (χ0v) is 10.4. The Morgan fingerprint density at radius 2 is 2.19 bits per heavy atom. The van der Waals surface area contributed by atoms with Gasteiger partial charge in [-0.2, -0.15) is 0 Å². The fraction of sp³-hybridized carbons (Fsp3) is 0.900. The molecule has 0 aromatic heterocycles. The topological polar surface area (TPSA) is 32.3 Å². The zero-order chi connectivity index (χ0) is 11.5. The van der Waals surface area contributed by atoms with Crippen LogP contribution in [0.3, 0.4) is 0 Å². The SMILES string of the molecule is CCCN(C)C(=O)C1CCNCC1(F)F.Cl. The van der Waals surface area contributed by atoms with Crippen LogP contribution >= 0.6 is 12.4 Å². The first-order chi connectivity index (χ1) is 6.99. The van der Waals surface area contributed by atoms with Gasteiger partial charge in [0.25, 0.3) is 5.92 Å². The first-order valence-electron chi connectivity index (χ1n) is 5.32. The van der Waals surface area contributed by atoms with Gasteiger partial charge in [0.05, 0.1) is 6.54 Å². The molecule has 1 saturated heterocycles. The van der Waals surface area contributed by atoms with Gasteiger partial charge >= 0.3 is 0 Å². The van der Waals surface area contributed by atoms with Crippen LogP contribution in [0.1, 0.15) is 19.8 Å². The molecule has 1 unspecified atom stereocenters. The number of rotatable bonds is 3. The third-order valence-corrected chi connectivity index (χ3v) is 2.71. The summed E-state index contributed by atoms with van der Waals surface area (Å²) in [5.74, 6) is -4.48. The predicted octanol–water partition coefficient (Wildman–Crippen LogP) is 1.52. The molecule has 96 valence electrons. The van der Waals surface area contributed by atoms with E-state index in [0.717, 1.165) is 6.42 Å². The van der Waals surface area contributed by atoms with Gasteiger partial charge in [0, 0.05) is 13.6 Å². The molecule has 0 bridgehead atoms. The second-order valence-electron chi connectivity index (χ2n) is 4.04. The van der Waals surface area contributed by atoms with Gasteiger partial charge in [-0.15, -0.1) is 12.4 Å². The summed E-state index contributed by atoms with van der Waals surface area (Å²) in [6, 6.07) is 0. The van der Waals surface area contributed by atoms with Crippen molar-refractivity contribution in [2.24, 2.45) is 5.92 Å². The molecule has 1 N–H and O–H groups in total.